The molecule has 8 heteroatoms. The Morgan fingerprint density at radius 3 is 2.00 bits per heavy atom. The highest BCUT2D eigenvalue weighted by molar-refractivity contribution is 6.61. The van der Waals surface area contributed by atoms with Gasteiger partial charge in [-0.15, -0.1) is 0 Å². The molecular formula is C19H26BFN2O4. The van der Waals surface area contributed by atoms with Gasteiger partial charge in [0.25, 0.3) is 5.56 Å². The normalized spacial score (nSPS) is 12.3. The second-order valence-electron chi connectivity index (χ2n) is 8.40. The molecule has 2 rings (SSSR count). The number of hydrogen-bond donors (Lipinski definition) is 1. The fourth-order valence-electron chi connectivity index (χ4n) is 2.38. The monoisotopic (exact) mass is 376 g/mol. The summed E-state index contributed by atoms with van der Waals surface area (Å²) in [5.74, 6) is -0.997. The highest BCUT2D eigenvalue weighted by Gasteiger charge is 2.31. The number of halogens is 1. The van der Waals surface area contributed by atoms with Gasteiger partial charge in [0.1, 0.15) is 0 Å². The largest absolute Gasteiger partial charge is 0.494 e. The summed E-state index contributed by atoms with van der Waals surface area (Å²) in [4.78, 5) is 24.9. The number of H-pyrrole nitrogens is 1. The van der Waals surface area contributed by atoms with Crippen LogP contribution in [0.4, 0.5) is 4.39 Å². The third kappa shape index (κ3) is 6.48. The van der Waals surface area contributed by atoms with Crippen LogP contribution < -0.4 is 16.7 Å². The minimum Gasteiger partial charge on any atom is -0.403 e. The van der Waals surface area contributed by atoms with Crippen molar-refractivity contribution in [3.05, 3.63) is 62.7 Å². The first kappa shape index (κ1) is 21.1. The van der Waals surface area contributed by atoms with Crippen LogP contribution in [-0.2, 0) is 15.9 Å². The molecule has 1 aromatic carbocycles. The van der Waals surface area contributed by atoms with Crippen LogP contribution in [0, 0.1) is 5.82 Å². The topological polar surface area (TPSA) is 73.3 Å². The van der Waals surface area contributed by atoms with Crippen molar-refractivity contribution in [3.63, 3.8) is 0 Å². The number of aromatic amines is 1. The molecule has 27 heavy (non-hydrogen) atoms. The number of aromatic nitrogens is 2. The highest BCUT2D eigenvalue weighted by atomic mass is 19.1. The van der Waals surface area contributed by atoms with Crippen molar-refractivity contribution >= 4 is 12.6 Å². The van der Waals surface area contributed by atoms with Crippen LogP contribution in [0.5, 0.6) is 0 Å². The quantitative estimate of drug-likeness (QED) is 0.811. The Morgan fingerprint density at radius 2 is 1.52 bits per heavy atom. The standard InChI is InChI=1S/C19H26BFN2O4/c1-18(2,3)26-20(27-19(4,5)6)14-9-7-13(8-10-14)11-23-12-15(21)16(24)22-17(23)25/h7-10,12H,11H2,1-6H3,(H,22,24,25). The number of rotatable bonds is 5. The maximum atomic E-state index is 13.4. The SMILES string of the molecule is CC(C)(C)OB(OC(C)(C)C)c1ccc(Cn2cc(F)c(=O)[nH]c2=O)cc1. The smallest absolute Gasteiger partial charge is 0.403 e. The molecule has 0 radical (unpaired) electrons. The number of nitrogens with one attached hydrogen (secondary N) is 1. The molecular weight excluding hydrogens is 350 g/mol. The lowest BCUT2D eigenvalue weighted by atomic mass is 9.76. The minimum atomic E-state index is -1.02. The van der Waals surface area contributed by atoms with E-state index in [1.807, 2.05) is 70.8 Å². The predicted molar refractivity (Wildman–Crippen MR) is 104 cm³/mol. The predicted octanol–water partition coefficient (Wildman–Crippen LogP) is 2.05. The van der Waals surface area contributed by atoms with Gasteiger partial charge in [-0.25, -0.2) is 4.79 Å². The Kier molecular flexibility index (Phi) is 6.12. The Labute approximate surface area is 158 Å². The molecule has 1 N–H and O–H groups in total. The van der Waals surface area contributed by atoms with E-state index in [0.717, 1.165) is 21.8 Å². The number of nitrogens with zero attached hydrogens (tertiary/aromatic N) is 1. The van der Waals surface area contributed by atoms with Crippen molar-refractivity contribution in [3.8, 4) is 0 Å². The van der Waals surface area contributed by atoms with Gasteiger partial charge in [0.2, 0.25) is 5.82 Å². The van der Waals surface area contributed by atoms with E-state index in [4.69, 9.17) is 9.31 Å². The van der Waals surface area contributed by atoms with Crippen LogP contribution in [0.15, 0.2) is 40.1 Å². The fourth-order valence-corrected chi connectivity index (χ4v) is 2.38. The van der Waals surface area contributed by atoms with Crippen molar-refractivity contribution in [2.24, 2.45) is 0 Å². The first-order valence-electron chi connectivity index (χ1n) is 8.78. The average Bonchev–Trinajstić information content (AvgIpc) is 2.50. The Balaban J connectivity index is 2.24. The van der Waals surface area contributed by atoms with E-state index in [2.05, 4.69) is 0 Å². The minimum absolute atomic E-state index is 0.137. The van der Waals surface area contributed by atoms with Crippen molar-refractivity contribution in [1.29, 1.82) is 0 Å². The van der Waals surface area contributed by atoms with Gasteiger partial charge >= 0.3 is 12.8 Å². The van der Waals surface area contributed by atoms with Crippen LogP contribution in [0.3, 0.4) is 0 Å². The van der Waals surface area contributed by atoms with Crippen LogP contribution in [0.2, 0.25) is 0 Å². The molecule has 0 saturated carbocycles. The van der Waals surface area contributed by atoms with E-state index in [1.54, 1.807) is 0 Å². The van der Waals surface area contributed by atoms with Gasteiger partial charge in [-0.2, -0.15) is 4.39 Å². The van der Waals surface area contributed by atoms with Crippen LogP contribution in [0.25, 0.3) is 0 Å². The molecule has 0 fully saturated rings. The molecule has 0 atom stereocenters. The third-order valence-corrected chi connectivity index (χ3v) is 3.49. The molecule has 0 aliphatic heterocycles. The summed E-state index contributed by atoms with van der Waals surface area (Å²) in [6.07, 6.45) is 0.906. The van der Waals surface area contributed by atoms with E-state index < -0.39 is 35.4 Å². The van der Waals surface area contributed by atoms with E-state index >= 15 is 0 Å². The summed E-state index contributed by atoms with van der Waals surface area (Å²) in [6.45, 7) is 11.9. The summed E-state index contributed by atoms with van der Waals surface area (Å²) >= 11 is 0. The highest BCUT2D eigenvalue weighted by Crippen LogP contribution is 2.16. The number of benzene rings is 1. The third-order valence-electron chi connectivity index (χ3n) is 3.49. The van der Waals surface area contributed by atoms with Gasteiger partial charge < -0.3 is 9.31 Å². The average molecular weight is 376 g/mol. The molecule has 0 amide bonds. The summed E-state index contributed by atoms with van der Waals surface area (Å²) < 4.78 is 26.6. The number of hydrogen-bond acceptors (Lipinski definition) is 4. The Morgan fingerprint density at radius 1 is 1.00 bits per heavy atom. The maximum absolute atomic E-state index is 13.4. The molecule has 0 aliphatic carbocycles. The fraction of sp³-hybridized carbons (Fsp3) is 0.474. The van der Waals surface area contributed by atoms with Gasteiger partial charge in [0.15, 0.2) is 0 Å². The van der Waals surface area contributed by atoms with Crippen molar-refractivity contribution < 1.29 is 13.7 Å². The molecule has 0 spiro atoms. The summed E-state index contributed by atoms with van der Waals surface area (Å²) in [5, 5.41) is 0. The first-order valence-corrected chi connectivity index (χ1v) is 8.78. The second-order valence-corrected chi connectivity index (χ2v) is 8.40. The summed E-state index contributed by atoms with van der Waals surface area (Å²) in [5.41, 5.74) is -0.852. The van der Waals surface area contributed by atoms with Gasteiger partial charge in [-0.1, -0.05) is 24.3 Å². The lowest BCUT2D eigenvalue weighted by Gasteiger charge is -2.30. The first-order chi connectivity index (χ1) is 12.3. The Hall–Kier alpha value is -2.19. The van der Waals surface area contributed by atoms with Crippen molar-refractivity contribution in [1.82, 2.24) is 9.55 Å². The van der Waals surface area contributed by atoms with Gasteiger partial charge in [0.05, 0.1) is 12.7 Å². The van der Waals surface area contributed by atoms with Gasteiger partial charge in [0, 0.05) is 11.2 Å². The molecule has 0 saturated heterocycles. The molecule has 0 bridgehead atoms. The molecule has 2 aromatic rings. The van der Waals surface area contributed by atoms with Gasteiger partial charge in [-0.05, 0) is 52.6 Å². The van der Waals surface area contributed by atoms with Crippen LogP contribution >= 0.6 is 0 Å². The van der Waals surface area contributed by atoms with E-state index in [-0.39, 0.29) is 6.54 Å². The Bertz CT molecular complexity index is 876. The van der Waals surface area contributed by atoms with Crippen LogP contribution in [-0.4, -0.2) is 27.9 Å². The lowest BCUT2D eigenvalue weighted by Crippen LogP contribution is -2.46. The zero-order chi connectivity index (χ0) is 20.4. The van der Waals surface area contributed by atoms with E-state index in [1.165, 1.54) is 0 Å². The molecule has 0 aliphatic rings. The molecule has 0 unspecified atom stereocenters. The van der Waals surface area contributed by atoms with Crippen molar-refractivity contribution in [2.45, 2.75) is 59.3 Å². The van der Waals surface area contributed by atoms with Crippen LogP contribution in [0.1, 0.15) is 47.1 Å². The zero-order valence-corrected chi connectivity index (χ0v) is 16.6. The zero-order valence-electron chi connectivity index (χ0n) is 16.6. The lowest BCUT2D eigenvalue weighted by molar-refractivity contribution is 0.0408. The maximum Gasteiger partial charge on any atom is 0.494 e. The molecule has 1 heterocycles. The van der Waals surface area contributed by atoms with Gasteiger partial charge in [-0.3, -0.25) is 14.3 Å². The summed E-state index contributed by atoms with van der Waals surface area (Å²) in [7, 11) is -0.549. The molecule has 1 aromatic heterocycles. The van der Waals surface area contributed by atoms with E-state index in [9.17, 15) is 14.0 Å². The van der Waals surface area contributed by atoms with Crippen molar-refractivity contribution in [2.75, 3.05) is 0 Å². The second kappa shape index (κ2) is 7.82. The summed E-state index contributed by atoms with van der Waals surface area (Å²) in [6, 6.07) is 7.33. The van der Waals surface area contributed by atoms with E-state index in [0.29, 0.717) is 0 Å². The molecule has 6 nitrogen and oxygen atoms in total. The molecule has 146 valence electrons.